The summed E-state index contributed by atoms with van der Waals surface area (Å²) in [5.74, 6) is 0.211. The Morgan fingerprint density at radius 1 is 1.23 bits per heavy atom. The number of aryl methyl sites for hydroxylation is 1. The maximum atomic E-state index is 12.8. The number of benzene rings is 2. The van der Waals surface area contributed by atoms with Crippen LogP contribution in [0.4, 0.5) is 4.39 Å². The number of methoxy groups -OCH3 is 1. The molecule has 0 aromatic heterocycles. The van der Waals surface area contributed by atoms with Crippen LogP contribution < -0.4 is 10.1 Å². The minimum absolute atomic E-state index is 0.215. The molecule has 0 aliphatic rings. The highest BCUT2D eigenvalue weighted by atomic mass is 19.1. The molecule has 0 aliphatic heterocycles. The largest absolute Gasteiger partial charge is 0.496 e. The molecule has 0 bridgehead atoms. The van der Waals surface area contributed by atoms with Crippen molar-refractivity contribution in [3.63, 3.8) is 0 Å². The number of hydrogen-bond donors (Lipinski definition) is 1. The molecule has 3 nitrogen and oxygen atoms in total. The van der Waals surface area contributed by atoms with Gasteiger partial charge in [0.15, 0.2) is 0 Å². The Bertz CT molecular complexity index is 678. The molecule has 0 heterocycles. The molecule has 1 N–H and O–H groups in total. The van der Waals surface area contributed by atoms with E-state index in [2.05, 4.69) is 5.32 Å². The first kappa shape index (κ1) is 15.8. The molecule has 0 unspecified atom stereocenters. The molecule has 0 saturated heterocycles. The summed E-state index contributed by atoms with van der Waals surface area (Å²) in [4.78, 5) is 11.8. The van der Waals surface area contributed by atoms with Crippen molar-refractivity contribution < 1.29 is 13.9 Å². The van der Waals surface area contributed by atoms with Gasteiger partial charge in [-0.3, -0.25) is 4.79 Å². The fraction of sp³-hybridized carbons (Fsp3) is 0.167. The van der Waals surface area contributed by atoms with Crippen LogP contribution in [0.25, 0.3) is 6.08 Å². The minimum atomic E-state index is -0.290. The van der Waals surface area contributed by atoms with Crippen LogP contribution in [-0.4, -0.2) is 13.0 Å². The van der Waals surface area contributed by atoms with Crippen LogP contribution in [0, 0.1) is 12.7 Å². The van der Waals surface area contributed by atoms with Gasteiger partial charge in [-0.2, -0.15) is 0 Å². The van der Waals surface area contributed by atoms with Crippen molar-refractivity contribution >= 4 is 12.0 Å². The van der Waals surface area contributed by atoms with Gasteiger partial charge in [0.05, 0.1) is 7.11 Å². The second-order valence-electron chi connectivity index (χ2n) is 4.92. The van der Waals surface area contributed by atoms with Crippen molar-refractivity contribution in [2.45, 2.75) is 13.5 Å². The highest BCUT2D eigenvalue weighted by molar-refractivity contribution is 5.92. The van der Waals surface area contributed by atoms with Gasteiger partial charge in [-0.15, -0.1) is 0 Å². The number of amides is 1. The lowest BCUT2D eigenvalue weighted by Crippen LogP contribution is -2.20. The van der Waals surface area contributed by atoms with E-state index >= 15 is 0 Å². The van der Waals surface area contributed by atoms with Crippen molar-refractivity contribution in [1.82, 2.24) is 5.32 Å². The van der Waals surface area contributed by atoms with E-state index < -0.39 is 0 Å². The van der Waals surface area contributed by atoms with Gasteiger partial charge >= 0.3 is 0 Å². The summed E-state index contributed by atoms with van der Waals surface area (Å²) in [6, 6.07) is 11.8. The summed E-state index contributed by atoms with van der Waals surface area (Å²) in [6.07, 6.45) is 3.17. The van der Waals surface area contributed by atoms with Crippen molar-refractivity contribution in [3.8, 4) is 5.75 Å². The molecule has 0 radical (unpaired) electrons. The normalized spacial score (nSPS) is 10.7. The summed E-state index contributed by atoms with van der Waals surface area (Å²) in [5.41, 5.74) is 2.78. The number of carbonyl (C=O) groups excluding carboxylic acids is 1. The predicted molar refractivity (Wildman–Crippen MR) is 85.0 cm³/mol. The lowest BCUT2D eigenvalue weighted by atomic mass is 10.1. The van der Waals surface area contributed by atoms with Crippen molar-refractivity contribution in [2.75, 3.05) is 7.11 Å². The topological polar surface area (TPSA) is 38.3 Å². The van der Waals surface area contributed by atoms with Crippen LogP contribution >= 0.6 is 0 Å². The maximum Gasteiger partial charge on any atom is 0.244 e. The molecule has 0 atom stereocenters. The zero-order valence-electron chi connectivity index (χ0n) is 12.6. The van der Waals surface area contributed by atoms with Crippen molar-refractivity contribution in [2.24, 2.45) is 0 Å². The van der Waals surface area contributed by atoms with E-state index in [0.29, 0.717) is 12.3 Å². The highest BCUT2D eigenvalue weighted by Gasteiger charge is 2.01. The summed E-state index contributed by atoms with van der Waals surface area (Å²) in [5, 5.41) is 2.75. The van der Waals surface area contributed by atoms with Gasteiger partial charge in [0.25, 0.3) is 0 Å². The SMILES string of the molecule is COc1ccc(C)cc1/C=C/C(=O)NCc1ccc(F)cc1. The highest BCUT2D eigenvalue weighted by Crippen LogP contribution is 2.20. The van der Waals surface area contributed by atoms with Gasteiger partial charge in [0.1, 0.15) is 11.6 Å². The molecule has 0 fully saturated rings. The molecule has 22 heavy (non-hydrogen) atoms. The fourth-order valence-corrected chi connectivity index (χ4v) is 2.00. The molecular formula is C18H18FNO2. The Kier molecular flexibility index (Phi) is 5.31. The first-order chi connectivity index (χ1) is 10.6. The zero-order chi connectivity index (χ0) is 15.9. The molecule has 1 amide bonds. The molecule has 2 aromatic rings. The van der Waals surface area contributed by atoms with E-state index in [1.54, 1.807) is 25.3 Å². The van der Waals surface area contributed by atoms with Crippen LogP contribution in [0.15, 0.2) is 48.5 Å². The Hall–Kier alpha value is -2.62. The first-order valence-corrected chi connectivity index (χ1v) is 6.93. The molecule has 4 heteroatoms. The van der Waals surface area contributed by atoms with E-state index in [0.717, 1.165) is 16.7 Å². The third-order valence-electron chi connectivity index (χ3n) is 3.18. The van der Waals surface area contributed by atoms with Gasteiger partial charge < -0.3 is 10.1 Å². The standard InChI is InChI=1S/C18H18FNO2/c1-13-3-9-17(22-2)15(11-13)6-10-18(21)20-12-14-4-7-16(19)8-5-14/h3-11H,12H2,1-2H3,(H,20,21)/b10-6+. The molecule has 2 rings (SSSR count). The van der Waals surface area contributed by atoms with Gasteiger partial charge in [-0.25, -0.2) is 4.39 Å². The van der Waals surface area contributed by atoms with Crippen molar-refractivity contribution in [1.29, 1.82) is 0 Å². The molecule has 0 aliphatic carbocycles. The molecule has 0 saturated carbocycles. The number of hydrogen-bond acceptors (Lipinski definition) is 2. The van der Waals surface area contributed by atoms with Crippen LogP contribution in [0.1, 0.15) is 16.7 Å². The number of halogens is 1. The first-order valence-electron chi connectivity index (χ1n) is 6.93. The second-order valence-corrected chi connectivity index (χ2v) is 4.92. The molecule has 114 valence electrons. The third-order valence-corrected chi connectivity index (χ3v) is 3.18. The van der Waals surface area contributed by atoms with Gasteiger partial charge in [0.2, 0.25) is 5.91 Å². The summed E-state index contributed by atoms with van der Waals surface area (Å²) in [6.45, 7) is 2.33. The fourth-order valence-electron chi connectivity index (χ4n) is 2.00. The number of nitrogens with one attached hydrogen (secondary N) is 1. The zero-order valence-corrected chi connectivity index (χ0v) is 12.6. The van der Waals surface area contributed by atoms with Gasteiger partial charge in [0, 0.05) is 18.2 Å². The molecule has 0 spiro atoms. The van der Waals surface area contributed by atoms with Crippen LogP contribution in [-0.2, 0) is 11.3 Å². The number of carbonyl (C=O) groups is 1. The quantitative estimate of drug-likeness (QED) is 0.859. The van der Waals surface area contributed by atoms with Gasteiger partial charge in [-0.1, -0.05) is 23.8 Å². The van der Waals surface area contributed by atoms with Crippen molar-refractivity contribution in [3.05, 3.63) is 71.0 Å². The average molecular weight is 299 g/mol. The second kappa shape index (κ2) is 7.41. The van der Waals surface area contributed by atoms with E-state index in [1.165, 1.54) is 18.2 Å². The number of ether oxygens (including phenoxy) is 1. The smallest absolute Gasteiger partial charge is 0.244 e. The van der Waals surface area contributed by atoms with E-state index in [-0.39, 0.29) is 11.7 Å². The molecular weight excluding hydrogens is 281 g/mol. The monoisotopic (exact) mass is 299 g/mol. The van der Waals surface area contributed by atoms with Crippen LogP contribution in [0.2, 0.25) is 0 Å². The number of rotatable bonds is 5. The average Bonchev–Trinajstić information content (AvgIpc) is 2.52. The van der Waals surface area contributed by atoms with Crippen LogP contribution in [0.3, 0.4) is 0 Å². The maximum absolute atomic E-state index is 12.8. The lowest BCUT2D eigenvalue weighted by Gasteiger charge is -2.06. The Morgan fingerprint density at radius 2 is 1.95 bits per heavy atom. The van der Waals surface area contributed by atoms with E-state index in [9.17, 15) is 9.18 Å². The minimum Gasteiger partial charge on any atom is -0.496 e. The third kappa shape index (κ3) is 4.45. The summed E-state index contributed by atoms with van der Waals surface area (Å²) < 4.78 is 18.0. The molecule has 2 aromatic carbocycles. The van der Waals surface area contributed by atoms with E-state index in [1.807, 2.05) is 25.1 Å². The Labute approximate surface area is 129 Å². The van der Waals surface area contributed by atoms with Crippen LogP contribution in [0.5, 0.6) is 5.75 Å². The summed E-state index contributed by atoms with van der Waals surface area (Å²) >= 11 is 0. The Balaban J connectivity index is 1.96. The Morgan fingerprint density at radius 3 is 2.64 bits per heavy atom. The predicted octanol–water partition coefficient (Wildman–Crippen LogP) is 3.47. The van der Waals surface area contributed by atoms with Gasteiger partial charge in [-0.05, 0) is 42.8 Å². The summed E-state index contributed by atoms with van der Waals surface area (Å²) in [7, 11) is 1.59. The lowest BCUT2D eigenvalue weighted by molar-refractivity contribution is -0.116. The van der Waals surface area contributed by atoms with E-state index in [4.69, 9.17) is 4.74 Å².